The van der Waals surface area contributed by atoms with E-state index in [0.29, 0.717) is 6.04 Å². The Balaban J connectivity index is 1.66. The molecule has 2 atom stereocenters. The van der Waals surface area contributed by atoms with E-state index in [4.69, 9.17) is 0 Å². The summed E-state index contributed by atoms with van der Waals surface area (Å²) in [4.78, 5) is 17.2. The van der Waals surface area contributed by atoms with Gasteiger partial charge in [-0.2, -0.15) is 5.10 Å². The zero-order chi connectivity index (χ0) is 16.6. The van der Waals surface area contributed by atoms with Crippen molar-refractivity contribution in [1.29, 1.82) is 0 Å². The molecule has 1 saturated heterocycles. The maximum absolute atomic E-state index is 12.9. The number of rotatable bonds is 3. The van der Waals surface area contributed by atoms with Crippen molar-refractivity contribution >= 4 is 5.91 Å². The zero-order valence-electron chi connectivity index (χ0n) is 14.5. The molecule has 2 aliphatic rings. The monoisotopic (exact) mass is 320 g/mol. The number of amides is 1. The van der Waals surface area contributed by atoms with E-state index in [1.54, 1.807) is 0 Å². The lowest BCUT2D eigenvalue weighted by atomic mass is 10.1. The van der Waals surface area contributed by atoms with Crippen LogP contribution in [0, 0.1) is 13.8 Å². The van der Waals surface area contributed by atoms with Crippen LogP contribution in [0.4, 0.5) is 0 Å². The Morgan fingerprint density at radius 3 is 2.43 bits per heavy atom. The first-order valence-corrected chi connectivity index (χ1v) is 8.78. The van der Waals surface area contributed by atoms with Crippen LogP contribution in [0.1, 0.15) is 47.9 Å². The largest absolute Gasteiger partial charge is 0.391 e. The van der Waals surface area contributed by atoms with Crippen molar-refractivity contribution in [3.63, 3.8) is 0 Å². The molecule has 0 spiro atoms. The van der Waals surface area contributed by atoms with E-state index in [0.717, 1.165) is 68.9 Å². The van der Waals surface area contributed by atoms with Gasteiger partial charge in [-0.15, -0.1) is 0 Å². The van der Waals surface area contributed by atoms with Gasteiger partial charge < -0.3 is 10.0 Å². The van der Waals surface area contributed by atoms with Gasteiger partial charge in [-0.3, -0.25) is 14.4 Å². The Bertz CT molecular complexity index is 575. The summed E-state index contributed by atoms with van der Waals surface area (Å²) in [5.41, 5.74) is 2.55. The normalized spacial score (nSPS) is 26.0. The number of piperazine rings is 1. The number of hydrogen-bond donors (Lipinski definition) is 1. The lowest BCUT2D eigenvalue weighted by molar-refractivity contribution is 0.0315. The topological polar surface area (TPSA) is 61.6 Å². The molecule has 1 aliphatic heterocycles. The number of carbonyl (C=O) groups excluding carboxylic acids is 1. The highest BCUT2D eigenvalue weighted by Gasteiger charge is 2.34. The SMILES string of the molecule is CCn1nc(C)c(C(=O)N2CCN(C3CCCC3O)CC2)c1C. The number of nitrogens with zero attached hydrogens (tertiary/aromatic N) is 4. The van der Waals surface area contributed by atoms with Crippen LogP contribution in [-0.2, 0) is 6.54 Å². The Morgan fingerprint density at radius 2 is 1.91 bits per heavy atom. The molecule has 1 aromatic heterocycles. The molecule has 0 aromatic carbocycles. The molecule has 1 aromatic rings. The van der Waals surface area contributed by atoms with Gasteiger partial charge in [-0.05, 0) is 40.0 Å². The van der Waals surface area contributed by atoms with E-state index < -0.39 is 0 Å². The van der Waals surface area contributed by atoms with Crippen molar-refractivity contribution in [1.82, 2.24) is 19.6 Å². The molecule has 6 nitrogen and oxygen atoms in total. The molecule has 3 rings (SSSR count). The summed E-state index contributed by atoms with van der Waals surface area (Å²) in [5.74, 6) is 0.103. The van der Waals surface area contributed by atoms with Crippen LogP contribution >= 0.6 is 0 Å². The maximum atomic E-state index is 12.9. The van der Waals surface area contributed by atoms with Crippen molar-refractivity contribution < 1.29 is 9.90 Å². The Hall–Kier alpha value is -1.40. The Morgan fingerprint density at radius 1 is 1.22 bits per heavy atom. The van der Waals surface area contributed by atoms with E-state index in [-0.39, 0.29) is 12.0 Å². The predicted molar refractivity (Wildman–Crippen MR) is 88.5 cm³/mol. The molecular formula is C17H28N4O2. The first-order valence-electron chi connectivity index (χ1n) is 8.78. The second kappa shape index (κ2) is 6.61. The fourth-order valence-electron chi connectivity index (χ4n) is 4.08. The van der Waals surface area contributed by atoms with Crippen molar-refractivity contribution in [3.05, 3.63) is 17.0 Å². The summed E-state index contributed by atoms with van der Waals surface area (Å²) in [6.07, 6.45) is 2.92. The van der Waals surface area contributed by atoms with Gasteiger partial charge in [0.25, 0.3) is 5.91 Å². The fraction of sp³-hybridized carbons (Fsp3) is 0.765. The van der Waals surface area contributed by atoms with Gasteiger partial charge in [-0.25, -0.2) is 0 Å². The second-order valence-electron chi connectivity index (χ2n) is 6.76. The lowest BCUT2D eigenvalue weighted by Gasteiger charge is -2.39. The molecule has 0 radical (unpaired) electrons. The number of hydrogen-bond acceptors (Lipinski definition) is 4. The van der Waals surface area contributed by atoms with Crippen molar-refractivity contribution in [2.45, 2.75) is 58.7 Å². The average molecular weight is 320 g/mol. The van der Waals surface area contributed by atoms with E-state index in [1.165, 1.54) is 0 Å². The second-order valence-corrected chi connectivity index (χ2v) is 6.76. The summed E-state index contributed by atoms with van der Waals surface area (Å²) in [5, 5.41) is 14.5. The highest BCUT2D eigenvalue weighted by Crippen LogP contribution is 2.25. The third-order valence-corrected chi connectivity index (χ3v) is 5.41. The summed E-state index contributed by atoms with van der Waals surface area (Å²) < 4.78 is 1.90. The van der Waals surface area contributed by atoms with Crippen LogP contribution in [0.15, 0.2) is 0 Å². The van der Waals surface area contributed by atoms with E-state index in [1.807, 2.05) is 30.4 Å². The summed E-state index contributed by atoms with van der Waals surface area (Å²) >= 11 is 0. The van der Waals surface area contributed by atoms with Gasteiger partial charge in [0, 0.05) is 44.5 Å². The molecular weight excluding hydrogens is 292 g/mol. The summed E-state index contributed by atoms with van der Waals surface area (Å²) in [7, 11) is 0. The third-order valence-electron chi connectivity index (χ3n) is 5.41. The standard InChI is InChI=1S/C17H28N4O2/c1-4-21-13(3)16(12(2)18-21)17(23)20-10-8-19(9-11-20)14-6-5-7-15(14)22/h14-15,22H,4-11H2,1-3H3. The van der Waals surface area contributed by atoms with Crippen LogP contribution in [0.2, 0.25) is 0 Å². The van der Waals surface area contributed by atoms with Crippen LogP contribution in [-0.4, -0.2) is 68.9 Å². The lowest BCUT2D eigenvalue weighted by Crippen LogP contribution is -2.53. The molecule has 128 valence electrons. The zero-order valence-corrected chi connectivity index (χ0v) is 14.5. The molecule has 1 N–H and O–H groups in total. The molecule has 2 heterocycles. The molecule has 1 aliphatic carbocycles. The molecule has 23 heavy (non-hydrogen) atoms. The number of aromatic nitrogens is 2. The minimum Gasteiger partial charge on any atom is -0.391 e. The van der Waals surface area contributed by atoms with Crippen molar-refractivity contribution in [2.75, 3.05) is 26.2 Å². The molecule has 0 bridgehead atoms. The van der Waals surface area contributed by atoms with Gasteiger partial charge in [-0.1, -0.05) is 0 Å². The first kappa shape index (κ1) is 16.5. The van der Waals surface area contributed by atoms with Gasteiger partial charge >= 0.3 is 0 Å². The highest BCUT2D eigenvalue weighted by atomic mass is 16.3. The minimum atomic E-state index is -0.190. The summed E-state index contributed by atoms with van der Waals surface area (Å²) in [6, 6.07) is 0.290. The third kappa shape index (κ3) is 3.02. The van der Waals surface area contributed by atoms with Gasteiger partial charge in [0.15, 0.2) is 0 Å². The fourth-order valence-corrected chi connectivity index (χ4v) is 4.08. The van der Waals surface area contributed by atoms with Crippen LogP contribution in [0.3, 0.4) is 0 Å². The highest BCUT2D eigenvalue weighted by molar-refractivity contribution is 5.96. The van der Waals surface area contributed by atoms with Crippen molar-refractivity contribution in [3.8, 4) is 0 Å². The van der Waals surface area contributed by atoms with E-state index >= 15 is 0 Å². The Labute approximate surface area is 138 Å². The van der Waals surface area contributed by atoms with Gasteiger partial charge in [0.1, 0.15) is 0 Å². The number of aliphatic hydroxyl groups excluding tert-OH is 1. The molecule has 2 fully saturated rings. The molecule has 2 unspecified atom stereocenters. The summed E-state index contributed by atoms with van der Waals surface area (Å²) in [6.45, 7) is 9.89. The number of aryl methyl sites for hydroxylation is 2. The van der Waals surface area contributed by atoms with E-state index in [2.05, 4.69) is 10.00 Å². The van der Waals surface area contributed by atoms with Gasteiger partial charge in [0.05, 0.1) is 17.4 Å². The van der Waals surface area contributed by atoms with Crippen LogP contribution in [0.5, 0.6) is 0 Å². The number of aliphatic hydroxyl groups is 1. The van der Waals surface area contributed by atoms with E-state index in [9.17, 15) is 9.90 Å². The van der Waals surface area contributed by atoms with Crippen LogP contribution < -0.4 is 0 Å². The maximum Gasteiger partial charge on any atom is 0.257 e. The first-order chi connectivity index (χ1) is 11.0. The van der Waals surface area contributed by atoms with Crippen molar-refractivity contribution in [2.24, 2.45) is 0 Å². The minimum absolute atomic E-state index is 0.103. The Kier molecular flexibility index (Phi) is 4.73. The molecule has 1 saturated carbocycles. The average Bonchev–Trinajstić information content (AvgIpc) is 3.10. The smallest absolute Gasteiger partial charge is 0.257 e. The predicted octanol–water partition coefficient (Wildman–Crippen LogP) is 1.19. The number of carbonyl (C=O) groups is 1. The van der Waals surface area contributed by atoms with Gasteiger partial charge in [0.2, 0.25) is 0 Å². The van der Waals surface area contributed by atoms with Crippen LogP contribution in [0.25, 0.3) is 0 Å². The molecule has 6 heteroatoms. The quantitative estimate of drug-likeness (QED) is 0.909. The molecule has 1 amide bonds.